The molecule has 0 N–H and O–H groups in total. The van der Waals surface area contributed by atoms with E-state index in [0.29, 0.717) is 10.6 Å². The highest BCUT2D eigenvalue weighted by molar-refractivity contribution is 6.30. The first-order valence-electron chi connectivity index (χ1n) is 9.08. The number of halogens is 1. The highest BCUT2D eigenvalue weighted by Crippen LogP contribution is 2.13. The molecule has 0 aliphatic carbocycles. The van der Waals surface area contributed by atoms with Crippen LogP contribution >= 0.6 is 11.6 Å². The van der Waals surface area contributed by atoms with Crippen molar-refractivity contribution in [3.05, 3.63) is 76.3 Å². The molecule has 0 saturated carbocycles. The summed E-state index contributed by atoms with van der Waals surface area (Å²) in [6, 6.07) is 17.3. The molecule has 1 saturated heterocycles. The average molecular weight is 380 g/mol. The highest BCUT2D eigenvalue weighted by atomic mass is 35.5. The van der Waals surface area contributed by atoms with Gasteiger partial charge in [0.25, 0.3) is 0 Å². The summed E-state index contributed by atoms with van der Waals surface area (Å²) in [6.07, 6.45) is 4.39. The zero-order chi connectivity index (χ0) is 19.1. The molecule has 138 valence electrons. The number of amides is 1. The zero-order valence-electron chi connectivity index (χ0n) is 15.1. The van der Waals surface area contributed by atoms with Gasteiger partial charge in [-0.25, -0.2) is 0 Å². The van der Waals surface area contributed by atoms with Gasteiger partial charge in [0.1, 0.15) is 0 Å². The Balaban J connectivity index is 1.54. The van der Waals surface area contributed by atoms with Crippen molar-refractivity contribution < 1.29 is 4.79 Å². The average Bonchev–Trinajstić information content (AvgIpc) is 2.92. The summed E-state index contributed by atoms with van der Waals surface area (Å²) in [5.74, 6) is 0.0372. The molecule has 0 aromatic heterocycles. The molecule has 1 heterocycles. The van der Waals surface area contributed by atoms with Gasteiger partial charge in [-0.3, -0.25) is 9.69 Å². The van der Waals surface area contributed by atoms with E-state index >= 15 is 0 Å². The van der Waals surface area contributed by atoms with Crippen molar-refractivity contribution in [2.45, 2.75) is 13.0 Å². The van der Waals surface area contributed by atoms with E-state index < -0.39 is 0 Å². The Bertz CT molecular complexity index is 855. The fraction of sp³-hybridized carbons (Fsp3) is 0.273. The maximum Gasteiger partial charge on any atom is 0.246 e. The lowest BCUT2D eigenvalue weighted by atomic mass is 10.1. The van der Waals surface area contributed by atoms with Crippen molar-refractivity contribution in [2.24, 2.45) is 0 Å². The molecule has 27 heavy (non-hydrogen) atoms. The van der Waals surface area contributed by atoms with Crippen LogP contribution in [0.15, 0.2) is 54.6 Å². The van der Waals surface area contributed by atoms with Crippen molar-refractivity contribution >= 4 is 23.6 Å². The molecular formula is C22H22ClN3O. The molecule has 1 aliphatic rings. The van der Waals surface area contributed by atoms with E-state index in [1.54, 1.807) is 6.08 Å². The van der Waals surface area contributed by atoms with Crippen LogP contribution in [0.1, 0.15) is 23.1 Å². The maximum atomic E-state index is 12.5. The minimum absolute atomic E-state index is 0.0372. The number of carbonyl (C=O) groups excluding carboxylic acids is 1. The molecule has 0 spiro atoms. The molecule has 4 nitrogen and oxygen atoms in total. The second kappa shape index (κ2) is 9.36. The quantitative estimate of drug-likeness (QED) is 0.755. The molecule has 2 aromatic rings. The van der Waals surface area contributed by atoms with Gasteiger partial charge in [0.15, 0.2) is 0 Å². The molecule has 3 rings (SSSR count). The standard InChI is InChI=1S/C22H22ClN3O/c23-21-4-1-3-18(15-21)9-10-22(27)26-12-2-11-25(13-14-26)17-20-7-5-19(16-24)6-8-20/h1,3-10,15H,2,11-14,17H2/b10-9+. The first-order valence-corrected chi connectivity index (χ1v) is 9.46. The van der Waals surface area contributed by atoms with Crippen molar-refractivity contribution in [3.8, 4) is 6.07 Å². The molecule has 1 amide bonds. The van der Waals surface area contributed by atoms with Gasteiger partial charge in [-0.1, -0.05) is 35.9 Å². The smallest absolute Gasteiger partial charge is 0.246 e. The summed E-state index contributed by atoms with van der Waals surface area (Å²) in [5, 5.41) is 9.55. The van der Waals surface area contributed by atoms with E-state index in [9.17, 15) is 4.79 Å². The van der Waals surface area contributed by atoms with Gasteiger partial charge in [0, 0.05) is 43.8 Å². The topological polar surface area (TPSA) is 47.3 Å². The summed E-state index contributed by atoms with van der Waals surface area (Å²) in [5.41, 5.74) is 2.79. The van der Waals surface area contributed by atoms with Crippen LogP contribution in [-0.2, 0) is 11.3 Å². The zero-order valence-corrected chi connectivity index (χ0v) is 15.9. The third-order valence-electron chi connectivity index (χ3n) is 4.66. The number of hydrogen-bond donors (Lipinski definition) is 0. The normalized spacial score (nSPS) is 15.5. The highest BCUT2D eigenvalue weighted by Gasteiger charge is 2.17. The number of rotatable bonds is 4. The van der Waals surface area contributed by atoms with Crippen molar-refractivity contribution in [1.82, 2.24) is 9.80 Å². The lowest BCUT2D eigenvalue weighted by molar-refractivity contribution is -0.125. The van der Waals surface area contributed by atoms with Crippen molar-refractivity contribution in [1.29, 1.82) is 5.26 Å². The predicted molar refractivity (Wildman–Crippen MR) is 108 cm³/mol. The molecular weight excluding hydrogens is 358 g/mol. The molecule has 2 aromatic carbocycles. The SMILES string of the molecule is N#Cc1ccc(CN2CCCN(C(=O)/C=C/c3cccc(Cl)c3)CC2)cc1. The fourth-order valence-electron chi connectivity index (χ4n) is 3.18. The van der Waals surface area contributed by atoms with Crippen LogP contribution in [0.4, 0.5) is 0 Å². The first kappa shape index (κ1) is 19.2. The van der Waals surface area contributed by atoms with E-state index in [4.69, 9.17) is 16.9 Å². The van der Waals surface area contributed by atoms with Gasteiger partial charge >= 0.3 is 0 Å². The summed E-state index contributed by atoms with van der Waals surface area (Å²) in [6.45, 7) is 4.13. The lowest BCUT2D eigenvalue weighted by Gasteiger charge is -2.21. The van der Waals surface area contributed by atoms with Crippen LogP contribution < -0.4 is 0 Å². The Kier molecular flexibility index (Phi) is 6.64. The van der Waals surface area contributed by atoms with Crippen LogP contribution in [0.25, 0.3) is 6.08 Å². The Hall–Kier alpha value is -2.61. The summed E-state index contributed by atoms with van der Waals surface area (Å²) < 4.78 is 0. The van der Waals surface area contributed by atoms with Crippen LogP contribution in [-0.4, -0.2) is 41.9 Å². The van der Waals surface area contributed by atoms with Crippen LogP contribution in [0.5, 0.6) is 0 Å². The predicted octanol–water partition coefficient (Wildman–Crippen LogP) is 3.96. The fourth-order valence-corrected chi connectivity index (χ4v) is 3.37. The summed E-state index contributed by atoms with van der Waals surface area (Å²) in [4.78, 5) is 16.8. The van der Waals surface area contributed by atoms with Gasteiger partial charge in [0.2, 0.25) is 5.91 Å². The van der Waals surface area contributed by atoms with Crippen molar-refractivity contribution in [2.75, 3.05) is 26.2 Å². The number of benzene rings is 2. The molecule has 0 bridgehead atoms. The van der Waals surface area contributed by atoms with Crippen LogP contribution in [0, 0.1) is 11.3 Å². The second-order valence-corrected chi connectivity index (χ2v) is 7.09. The third kappa shape index (κ3) is 5.68. The van der Waals surface area contributed by atoms with Crippen molar-refractivity contribution in [3.63, 3.8) is 0 Å². The molecule has 5 heteroatoms. The third-order valence-corrected chi connectivity index (χ3v) is 4.89. The lowest BCUT2D eigenvalue weighted by Crippen LogP contribution is -2.34. The monoisotopic (exact) mass is 379 g/mol. The largest absolute Gasteiger partial charge is 0.338 e. The first-order chi connectivity index (χ1) is 13.1. The maximum absolute atomic E-state index is 12.5. The van der Waals surface area contributed by atoms with Gasteiger partial charge in [0.05, 0.1) is 11.6 Å². The number of hydrogen-bond acceptors (Lipinski definition) is 3. The van der Waals surface area contributed by atoms with E-state index in [0.717, 1.165) is 44.7 Å². The molecule has 0 unspecified atom stereocenters. The van der Waals surface area contributed by atoms with Crippen LogP contribution in [0.2, 0.25) is 5.02 Å². The molecule has 1 fully saturated rings. The Morgan fingerprint density at radius 3 is 2.67 bits per heavy atom. The number of carbonyl (C=O) groups is 1. The number of nitrogens with zero attached hydrogens (tertiary/aromatic N) is 3. The Labute approximate surface area is 165 Å². The second-order valence-electron chi connectivity index (χ2n) is 6.65. The van der Waals surface area contributed by atoms with E-state index in [1.807, 2.05) is 59.5 Å². The number of nitriles is 1. The van der Waals surface area contributed by atoms with Gasteiger partial charge in [-0.15, -0.1) is 0 Å². The minimum atomic E-state index is 0.0372. The Morgan fingerprint density at radius 2 is 1.93 bits per heavy atom. The molecule has 1 aliphatic heterocycles. The Morgan fingerprint density at radius 1 is 1.11 bits per heavy atom. The van der Waals surface area contributed by atoms with Gasteiger partial charge in [-0.05, 0) is 47.9 Å². The van der Waals surface area contributed by atoms with E-state index in [-0.39, 0.29) is 5.91 Å². The van der Waals surface area contributed by atoms with Gasteiger partial charge < -0.3 is 4.90 Å². The molecule has 0 atom stereocenters. The summed E-state index contributed by atoms with van der Waals surface area (Å²) >= 11 is 5.98. The molecule has 0 radical (unpaired) electrons. The van der Waals surface area contributed by atoms with E-state index in [2.05, 4.69) is 11.0 Å². The summed E-state index contributed by atoms with van der Waals surface area (Å²) in [7, 11) is 0. The van der Waals surface area contributed by atoms with Crippen LogP contribution in [0.3, 0.4) is 0 Å². The van der Waals surface area contributed by atoms with Gasteiger partial charge in [-0.2, -0.15) is 5.26 Å². The van der Waals surface area contributed by atoms with E-state index in [1.165, 1.54) is 5.56 Å². The minimum Gasteiger partial charge on any atom is -0.338 e.